The van der Waals surface area contributed by atoms with Gasteiger partial charge in [0, 0.05) is 6.54 Å². The maximum Gasteiger partial charge on any atom is 0.232 e. The molecular weight excluding hydrogens is 348 g/mol. The van der Waals surface area contributed by atoms with Crippen LogP contribution in [-0.2, 0) is 21.2 Å². The largest absolute Gasteiger partial charge is 0.354 e. The van der Waals surface area contributed by atoms with E-state index in [0.29, 0.717) is 5.69 Å². The number of sulfonamides is 1. The van der Waals surface area contributed by atoms with Crippen molar-refractivity contribution in [1.82, 2.24) is 5.32 Å². The number of anilines is 1. The van der Waals surface area contributed by atoms with E-state index >= 15 is 0 Å². The molecule has 0 saturated carbocycles. The van der Waals surface area contributed by atoms with Gasteiger partial charge in [-0.05, 0) is 38.0 Å². The number of benzene rings is 2. The van der Waals surface area contributed by atoms with E-state index in [-0.39, 0.29) is 25.4 Å². The molecule has 0 bridgehead atoms. The number of amides is 1. The van der Waals surface area contributed by atoms with Gasteiger partial charge in [-0.1, -0.05) is 47.5 Å². The van der Waals surface area contributed by atoms with Gasteiger partial charge in [0.05, 0.1) is 24.9 Å². The van der Waals surface area contributed by atoms with Crippen LogP contribution in [0.1, 0.15) is 22.3 Å². The minimum atomic E-state index is -3.43. The van der Waals surface area contributed by atoms with E-state index in [4.69, 9.17) is 0 Å². The minimum Gasteiger partial charge on any atom is -0.354 e. The third kappa shape index (κ3) is 5.59. The van der Waals surface area contributed by atoms with Crippen molar-refractivity contribution >= 4 is 21.6 Å². The second kappa shape index (κ2) is 8.36. The molecule has 0 radical (unpaired) electrons. The molecule has 0 unspecified atom stereocenters. The molecule has 0 aliphatic carbocycles. The van der Waals surface area contributed by atoms with E-state index in [2.05, 4.69) is 5.32 Å². The monoisotopic (exact) mass is 374 g/mol. The molecule has 2 aromatic carbocycles. The number of carbonyl (C=O) groups is 1. The zero-order chi connectivity index (χ0) is 19.3. The molecule has 0 fully saturated rings. The molecule has 0 atom stereocenters. The Labute approximate surface area is 156 Å². The van der Waals surface area contributed by atoms with Crippen molar-refractivity contribution in [3.05, 3.63) is 64.7 Å². The molecule has 0 aliphatic heterocycles. The zero-order valence-electron chi connectivity index (χ0n) is 15.7. The van der Waals surface area contributed by atoms with Crippen LogP contribution in [0.25, 0.3) is 0 Å². The second-order valence-corrected chi connectivity index (χ2v) is 8.54. The van der Waals surface area contributed by atoms with E-state index in [9.17, 15) is 13.2 Å². The van der Waals surface area contributed by atoms with Crippen LogP contribution in [0.3, 0.4) is 0 Å². The van der Waals surface area contributed by atoms with Crippen molar-refractivity contribution in [2.45, 2.75) is 27.2 Å². The highest BCUT2D eigenvalue weighted by Gasteiger charge is 2.19. The number of aryl methyl sites for hydroxylation is 3. The van der Waals surface area contributed by atoms with Crippen LogP contribution in [0.4, 0.5) is 5.69 Å². The molecule has 0 spiro atoms. The van der Waals surface area contributed by atoms with Crippen LogP contribution in [0, 0.1) is 20.8 Å². The quantitative estimate of drug-likeness (QED) is 0.810. The SMILES string of the molecule is Cc1ccc(CC(=O)NCCN(c2ccc(C)cc2C)S(C)(=O)=O)cc1. The maximum absolute atomic E-state index is 12.2. The predicted molar refractivity (Wildman–Crippen MR) is 106 cm³/mol. The first-order valence-electron chi connectivity index (χ1n) is 8.54. The Morgan fingerprint density at radius 3 is 2.19 bits per heavy atom. The number of carbonyl (C=O) groups excluding carboxylic acids is 1. The number of nitrogens with one attached hydrogen (secondary N) is 1. The van der Waals surface area contributed by atoms with Gasteiger partial charge in [0.1, 0.15) is 0 Å². The van der Waals surface area contributed by atoms with E-state index in [1.54, 1.807) is 6.07 Å². The fourth-order valence-electron chi connectivity index (χ4n) is 2.80. The lowest BCUT2D eigenvalue weighted by molar-refractivity contribution is -0.120. The zero-order valence-corrected chi connectivity index (χ0v) is 16.6. The summed E-state index contributed by atoms with van der Waals surface area (Å²) < 4.78 is 25.7. The average Bonchev–Trinajstić information content (AvgIpc) is 2.54. The van der Waals surface area contributed by atoms with Gasteiger partial charge in [0.2, 0.25) is 15.9 Å². The molecule has 6 heteroatoms. The van der Waals surface area contributed by atoms with Crippen LogP contribution in [0.15, 0.2) is 42.5 Å². The Balaban J connectivity index is 1.99. The Kier molecular flexibility index (Phi) is 6.42. The molecule has 0 aliphatic rings. The van der Waals surface area contributed by atoms with E-state index in [1.165, 1.54) is 10.6 Å². The Bertz CT molecular complexity index is 874. The fraction of sp³-hybridized carbons (Fsp3) is 0.350. The summed E-state index contributed by atoms with van der Waals surface area (Å²) in [5, 5.41) is 2.80. The molecule has 0 aromatic heterocycles. The summed E-state index contributed by atoms with van der Waals surface area (Å²) in [6, 6.07) is 13.4. The van der Waals surface area contributed by atoms with Crippen molar-refractivity contribution in [1.29, 1.82) is 0 Å². The summed E-state index contributed by atoms with van der Waals surface area (Å²) in [6.07, 6.45) is 1.46. The second-order valence-electron chi connectivity index (χ2n) is 6.64. The van der Waals surface area contributed by atoms with Gasteiger partial charge in [-0.25, -0.2) is 8.42 Å². The number of rotatable bonds is 7. The number of nitrogens with zero attached hydrogens (tertiary/aromatic N) is 1. The van der Waals surface area contributed by atoms with Crippen molar-refractivity contribution in [3.63, 3.8) is 0 Å². The molecule has 2 aromatic rings. The van der Waals surface area contributed by atoms with Crippen LogP contribution >= 0.6 is 0 Å². The minimum absolute atomic E-state index is 0.122. The van der Waals surface area contributed by atoms with E-state index < -0.39 is 10.0 Å². The normalized spacial score (nSPS) is 11.2. The molecule has 2 rings (SSSR count). The first-order valence-corrected chi connectivity index (χ1v) is 10.4. The van der Waals surface area contributed by atoms with Gasteiger partial charge in [-0.15, -0.1) is 0 Å². The van der Waals surface area contributed by atoms with E-state index in [0.717, 1.165) is 22.3 Å². The lowest BCUT2D eigenvalue weighted by Gasteiger charge is -2.24. The highest BCUT2D eigenvalue weighted by atomic mass is 32.2. The molecule has 5 nitrogen and oxygen atoms in total. The van der Waals surface area contributed by atoms with Crippen molar-refractivity contribution in [2.75, 3.05) is 23.7 Å². The van der Waals surface area contributed by atoms with Crippen LogP contribution < -0.4 is 9.62 Å². The predicted octanol–water partition coefficient (Wildman–Crippen LogP) is 2.74. The number of hydrogen-bond acceptors (Lipinski definition) is 3. The standard InChI is InChI=1S/C20H26N2O3S/c1-15-5-8-18(9-6-15)14-20(23)21-11-12-22(26(4,24)25)19-10-7-16(2)13-17(19)3/h5-10,13H,11-12,14H2,1-4H3,(H,21,23). The topological polar surface area (TPSA) is 66.5 Å². The van der Waals surface area contributed by atoms with Crippen molar-refractivity contribution in [3.8, 4) is 0 Å². The van der Waals surface area contributed by atoms with Gasteiger partial charge in [0.15, 0.2) is 0 Å². The lowest BCUT2D eigenvalue weighted by Crippen LogP contribution is -2.38. The highest BCUT2D eigenvalue weighted by molar-refractivity contribution is 7.92. The molecule has 1 N–H and O–H groups in total. The third-order valence-corrected chi connectivity index (χ3v) is 5.32. The summed E-state index contributed by atoms with van der Waals surface area (Å²) in [7, 11) is -3.43. The smallest absolute Gasteiger partial charge is 0.232 e. The average molecular weight is 375 g/mol. The van der Waals surface area contributed by atoms with Crippen LogP contribution in [0.5, 0.6) is 0 Å². The summed E-state index contributed by atoms with van der Waals surface area (Å²) in [5.41, 5.74) is 4.69. The number of hydrogen-bond donors (Lipinski definition) is 1. The van der Waals surface area contributed by atoms with Crippen LogP contribution in [-0.4, -0.2) is 33.7 Å². The van der Waals surface area contributed by atoms with Gasteiger partial charge >= 0.3 is 0 Å². The van der Waals surface area contributed by atoms with Crippen molar-refractivity contribution < 1.29 is 13.2 Å². The Morgan fingerprint density at radius 2 is 1.62 bits per heavy atom. The molecule has 1 amide bonds. The Morgan fingerprint density at radius 1 is 1.00 bits per heavy atom. The molecule has 0 saturated heterocycles. The first kappa shape index (κ1) is 20.0. The van der Waals surface area contributed by atoms with Crippen molar-refractivity contribution in [2.24, 2.45) is 0 Å². The van der Waals surface area contributed by atoms with Gasteiger partial charge in [0.25, 0.3) is 0 Å². The molecular formula is C20H26N2O3S. The summed E-state index contributed by atoms with van der Waals surface area (Å²) in [6.45, 7) is 6.30. The third-order valence-electron chi connectivity index (χ3n) is 4.14. The summed E-state index contributed by atoms with van der Waals surface area (Å²) >= 11 is 0. The summed E-state index contributed by atoms with van der Waals surface area (Å²) in [4.78, 5) is 12.1. The van der Waals surface area contributed by atoms with Gasteiger partial charge < -0.3 is 5.32 Å². The maximum atomic E-state index is 12.2. The molecule has 26 heavy (non-hydrogen) atoms. The van der Waals surface area contributed by atoms with Gasteiger partial charge in [-0.2, -0.15) is 0 Å². The molecule has 0 heterocycles. The summed E-state index contributed by atoms with van der Waals surface area (Å²) in [5.74, 6) is -0.122. The van der Waals surface area contributed by atoms with Gasteiger partial charge in [-0.3, -0.25) is 9.10 Å². The van der Waals surface area contributed by atoms with E-state index in [1.807, 2.05) is 57.2 Å². The lowest BCUT2D eigenvalue weighted by atomic mass is 10.1. The molecule has 140 valence electrons. The van der Waals surface area contributed by atoms with Crippen LogP contribution in [0.2, 0.25) is 0 Å². The highest BCUT2D eigenvalue weighted by Crippen LogP contribution is 2.23. The first-order chi connectivity index (χ1) is 12.2. The fourth-order valence-corrected chi connectivity index (χ4v) is 3.79. The Hall–Kier alpha value is -2.34.